The van der Waals surface area contributed by atoms with E-state index in [0.717, 1.165) is 44.7 Å². The molecule has 166 valence electrons. The summed E-state index contributed by atoms with van der Waals surface area (Å²) in [5, 5.41) is 6.96. The number of hydrogen-bond donors (Lipinski definition) is 2. The zero-order valence-corrected chi connectivity index (χ0v) is 21.1. The van der Waals surface area contributed by atoms with Crippen LogP contribution in [0.4, 0.5) is 0 Å². The quantitative estimate of drug-likeness (QED) is 0.285. The molecule has 2 N–H and O–H groups in total. The van der Waals surface area contributed by atoms with E-state index in [9.17, 15) is 0 Å². The zero-order chi connectivity index (χ0) is 19.5. The Morgan fingerprint density at radius 2 is 1.82 bits per heavy atom. The lowest BCUT2D eigenvalue weighted by Crippen LogP contribution is -2.46. The average molecular weight is 509 g/mol. The van der Waals surface area contributed by atoms with Crippen LogP contribution in [0.1, 0.15) is 46.5 Å². The van der Waals surface area contributed by atoms with E-state index in [1.54, 1.807) is 0 Å². The average Bonchev–Trinajstić information content (AvgIpc) is 2.68. The molecule has 0 amide bonds. The second-order valence-corrected chi connectivity index (χ2v) is 8.45. The van der Waals surface area contributed by atoms with E-state index in [1.165, 1.54) is 58.4 Å². The Morgan fingerprint density at radius 1 is 1.07 bits per heavy atom. The van der Waals surface area contributed by atoms with Crippen LogP contribution in [0.15, 0.2) is 4.99 Å². The first kappa shape index (κ1) is 25.9. The second kappa shape index (κ2) is 14.8. The maximum atomic E-state index is 4.85. The summed E-state index contributed by atoms with van der Waals surface area (Å²) in [7, 11) is 2.21. The van der Waals surface area contributed by atoms with Gasteiger partial charge in [0, 0.05) is 64.9 Å². The number of rotatable bonds is 9. The molecule has 2 fully saturated rings. The van der Waals surface area contributed by atoms with E-state index in [2.05, 4.69) is 53.2 Å². The number of nitrogens with zero attached hydrogens (tertiary/aromatic N) is 4. The molecule has 0 saturated carbocycles. The third kappa shape index (κ3) is 9.59. The van der Waals surface area contributed by atoms with Gasteiger partial charge in [0.25, 0.3) is 0 Å². The van der Waals surface area contributed by atoms with Gasteiger partial charge < -0.3 is 20.4 Å². The summed E-state index contributed by atoms with van der Waals surface area (Å²) in [4.78, 5) is 12.5. The molecule has 0 aromatic rings. The van der Waals surface area contributed by atoms with Crippen molar-refractivity contribution in [1.29, 1.82) is 0 Å². The van der Waals surface area contributed by atoms with E-state index < -0.39 is 0 Å². The van der Waals surface area contributed by atoms with E-state index in [0.29, 0.717) is 5.92 Å². The molecule has 2 rings (SSSR count). The van der Waals surface area contributed by atoms with Crippen LogP contribution in [0.5, 0.6) is 0 Å². The van der Waals surface area contributed by atoms with Crippen molar-refractivity contribution >= 4 is 29.9 Å². The van der Waals surface area contributed by atoms with Crippen molar-refractivity contribution < 1.29 is 0 Å². The molecule has 0 spiro atoms. The van der Waals surface area contributed by atoms with E-state index in [4.69, 9.17) is 4.99 Å². The van der Waals surface area contributed by atoms with Gasteiger partial charge in [-0.15, -0.1) is 24.0 Å². The maximum absolute atomic E-state index is 4.85. The van der Waals surface area contributed by atoms with Crippen molar-refractivity contribution in [3.63, 3.8) is 0 Å². The summed E-state index contributed by atoms with van der Waals surface area (Å²) in [5.74, 6) is 1.57. The Morgan fingerprint density at radius 3 is 2.50 bits per heavy atom. The number of likely N-dealkylation sites (N-methyl/N-ethyl adjacent to an activating group) is 1. The summed E-state index contributed by atoms with van der Waals surface area (Å²) < 4.78 is 0. The molecule has 2 saturated heterocycles. The lowest BCUT2D eigenvalue weighted by Gasteiger charge is -2.35. The SMILES string of the molecule is CCNC(=NCC(C)CN1CCN(C)CC1)NCCN1CCCCC1CC.I. The summed E-state index contributed by atoms with van der Waals surface area (Å²) in [5.41, 5.74) is 0. The number of piperidine rings is 1. The van der Waals surface area contributed by atoms with Crippen LogP contribution < -0.4 is 10.6 Å². The highest BCUT2D eigenvalue weighted by Crippen LogP contribution is 2.18. The fourth-order valence-electron chi connectivity index (χ4n) is 4.25. The number of aliphatic imine (C=N–C) groups is 1. The molecule has 2 heterocycles. The monoisotopic (exact) mass is 508 g/mol. The molecule has 2 aliphatic rings. The Hall–Kier alpha value is -0.120. The van der Waals surface area contributed by atoms with Gasteiger partial charge in [0.1, 0.15) is 0 Å². The van der Waals surface area contributed by atoms with Crippen molar-refractivity contribution in [3.8, 4) is 0 Å². The number of hydrogen-bond acceptors (Lipinski definition) is 4. The van der Waals surface area contributed by atoms with Crippen molar-refractivity contribution in [2.75, 3.05) is 72.5 Å². The molecule has 0 radical (unpaired) electrons. The third-order valence-corrected chi connectivity index (χ3v) is 5.98. The molecule has 2 aliphatic heterocycles. The topological polar surface area (TPSA) is 46.1 Å². The Kier molecular flexibility index (Phi) is 13.7. The molecule has 7 heteroatoms. The van der Waals surface area contributed by atoms with E-state index in [1.807, 2.05) is 0 Å². The van der Waals surface area contributed by atoms with Crippen molar-refractivity contribution in [1.82, 2.24) is 25.3 Å². The molecule has 0 aliphatic carbocycles. The largest absolute Gasteiger partial charge is 0.357 e. The van der Waals surface area contributed by atoms with Gasteiger partial charge in [0.2, 0.25) is 0 Å². The summed E-state index contributed by atoms with van der Waals surface area (Å²) >= 11 is 0. The predicted molar refractivity (Wildman–Crippen MR) is 132 cm³/mol. The third-order valence-electron chi connectivity index (χ3n) is 5.98. The normalized spacial score (nSPS) is 23.9. The van der Waals surface area contributed by atoms with Crippen molar-refractivity contribution in [3.05, 3.63) is 0 Å². The number of piperazine rings is 1. The highest BCUT2D eigenvalue weighted by Gasteiger charge is 2.20. The number of nitrogens with one attached hydrogen (secondary N) is 2. The van der Waals surface area contributed by atoms with Crippen LogP contribution in [0.2, 0.25) is 0 Å². The van der Waals surface area contributed by atoms with Gasteiger partial charge in [-0.1, -0.05) is 20.3 Å². The fraction of sp³-hybridized carbons (Fsp3) is 0.952. The number of halogens is 1. The van der Waals surface area contributed by atoms with Gasteiger partial charge in [0.05, 0.1) is 0 Å². The van der Waals surface area contributed by atoms with Crippen molar-refractivity contribution in [2.45, 2.75) is 52.5 Å². The van der Waals surface area contributed by atoms with E-state index in [-0.39, 0.29) is 24.0 Å². The molecule has 28 heavy (non-hydrogen) atoms. The smallest absolute Gasteiger partial charge is 0.191 e. The van der Waals surface area contributed by atoms with E-state index >= 15 is 0 Å². The fourth-order valence-corrected chi connectivity index (χ4v) is 4.25. The molecule has 0 bridgehead atoms. The first-order valence-corrected chi connectivity index (χ1v) is 11.3. The molecule has 0 aromatic carbocycles. The van der Waals surface area contributed by atoms with Gasteiger partial charge >= 0.3 is 0 Å². The molecule has 0 aromatic heterocycles. The van der Waals surface area contributed by atoms with Crippen LogP contribution in [0.25, 0.3) is 0 Å². The highest BCUT2D eigenvalue weighted by molar-refractivity contribution is 14.0. The van der Waals surface area contributed by atoms with Gasteiger partial charge in [-0.3, -0.25) is 9.89 Å². The molecule has 2 atom stereocenters. The van der Waals surface area contributed by atoms with Crippen molar-refractivity contribution in [2.24, 2.45) is 10.9 Å². The Balaban J connectivity index is 0.00000392. The van der Waals surface area contributed by atoms with Gasteiger partial charge in [0.15, 0.2) is 5.96 Å². The summed E-state index contributed by atoms with van der Waals surface area (Å²) in [6.07, 6.45) is 5.40. The van der Waals surface area contributed by atoms with Gasteiger partial charge in [-0.25, -0.2) is 0 Å². The van der Waals surface area contributed by atoms with Crippen LogP contribution in [0, 0.1) is 5.92 Å². The first-order chi connectivity index (χ1) is 13.1. The minimum Gasteiger partial charge on any atom is -0.357 e. The highest BCUT2D eigenvalue weighted by atomic mass is 127. The number of likely N-dealkylation sites (tertiary alicyclic amines) is 1. The van der Waals surface area contributed by atoms with Gasteiger partial charge in [-0.2, -0.15) is 0 Å². The second-order valence-electron chi connectivity index (χ2n) is 8.45. The minimum atomic E-state index is 0. The summed E-state index contributed by atoms with van der Waals surface area (Å²) in [6, 6.07) is 0.781. The zero-order valence-electron chi connectivity index (χ0n) is 18.8. The van der Waals surface area contributed by atoms with Crippen LogP contribution >= 0.6 is 24.0 Å². The maximum Gasteiger partial charge on any atom is 0.191 e. The standard InChI is InChI=1S/C21H44N6.HI/c1-5-20-9-7-8-11-27(20)12-10-23-21(22-6-2)24-17-19(3)18-26-15-13-25(4)14-16-26;/h19-20H,5-18H2,1-4H3,(H2,22,23,24);1H. The lowest BCUT2D eigenvalue weighted by molar-refractivity contribution is 0.140. The van der Waals surface area contributed by atoms with Crippen LogP contribution in [-0.4, -0.2) is 99.2 Å². The first-order valence-electron chi connectivity index (χ1n) is 11.3. The van der Waals surface area contributed by atoms with Gasteiger partial charge in [-0.05, 0) is 45.7 Å². The summed E-state index contributed by atoms with van der Waals surface area (Å²) in [6.45, 7) is 17.9. The minimum absolute atomic E-state index is 0. The Labute approximate surface area is 190 Å². The van der Waals surface area contributed by atoms with Crippen LogP contribution in [-0.2, 0) is 0 Å². The predicted octanol–water partition coefficient (Wildman–Crippen LogP) is 2.31. The lowest BCUT2D eigenvalue weighted by atomic mass is 10.0. The molecular weight excluding hydrogens is 463 g/mol. The molecule has 6 nitrogen and oxygen atoms in total. The van der Waals surface area contributed by atoms with Crippen LogP contribution in [0.3, 0.4) is 0 Å². The Bertz CT molecular complexity index is 425. The molecule has 2 unspecified atom stereocenters. The molecular formula is C21H45IN6. The number of guanidine groups is 1.